The molecule has 0 aliphatic carbocycles. The van der Waals surface area contributed by atoms with Gasteiger partial charge in [0.2, 0.25) is 0 Å². The number of hydrazine groups is 1. The Bertz CT molecular complexity index is 784. The molecule has 2 rings (SSSR count). The molecule has 26 heavy (non-hydrogen) atoms. The fourth-order valence-corrected chi connectivity index (χ4v) is 2.46. The maximum absolute atomic E-state index is 12.3. The van der Waals surface area contributed by atoms with Crippen LogP contribution in [-0.2, 0) is 4.79 Å². The minimum atomic E-state index is -0.527. The zero-order valence-corrected chi connectivity index (χ0v) is 15.2. The van der Waals surface area contributed by atoms with Crippen molar-refractivity contribution in [2.75, 3.05) is 20.8 Å². The summed E-state index contributed by atoms with van der Waals surface area (Å²) in [5.74, 6) is 0.353. The first kappa shape index (κ1) is 19.1. The normalized spacial score (nSPS) is 10.0. The molecule has 2 aromatic carbocycles. The molecule has 0 radical (unpaired) electrons. The predicted molar refractivity (Wildman–Crippen MR) is 96.6 cm³/mol. The number of amides is 2. The highest BCUT2D eigenvalue weighted by atomic mass is 16.5. The Morgan fingerprint density at radius 3 is 2.15 bits per heavy atom. The first-order chi connectivity index (χ1) is 12.5. The molecule has 0 saturated carbocycles. The summed E-state index contributed by atoms with van der Waals surface area (Å²) in [6.45, 7) is 3.58. The van der Waals surface area contributed by atoms with Crippen molar-refractivity contribution >= 4 is 11.8 Å². The Kier molecular flexibility index (Phi) is 6.43. The molecule has 2 amide bonds. The van der Waals surface area contributed by atoms with Crippen LogP contribution in [0.2, 0.25) is 0 Å². The number of ether oxygens (including phenoxy) is 3. The van der Waals surface area contributed by atoms with Gasteiger partial charge >= 0.3 is 0 Å². The van der Waals surface area contributed by atoms with Gasteiger partial charge in [-0.15, -0.1) is 0 Å². The van der Waals surface area contributed by atoms with Crippen LogP contribution in [0.1, 0.15) is 21.5 Å². The van der Waals surface area contributed by atoms with E-state index in [4.69, 9.17) is 14.2 Å². The molecular weight excluding hydrogens is 336 g/mol. The first-order valence-electron chi connectivity index (χ1n) is 7.97. The molecule has 0 fully saturated rings. The molecule has 138 valence electrons. The molecule has 0 saturated heterocycles. The maximum Gasteiger partial charge on any atom is 0.276 e. The molecule has 2 N–H and O–H groups in total. The van der Waals surface area contributed by atoms with Gasteiger partial charge in [0.05, 0.1) is 19.8 Å². The van der Waals surface area contributed by atoms with Crippen molar-refractivity contribution in [3.8, 4) is 17.2 Å². The zero-order chi connectivity index (χ0) is 19.1. The average Bonchev–Trinajstić information content (AvgIpc) is 2.64. The van der Waals surface area contributed by atoms with Crippen molar-refractivity contribution in [2.45, 2.75) is 13.8 Å². The summed E-state index contributed by atoms with van der Waals surface area (Å²) in [6.07, 6.45) is 0. The van der Waals surface area contributed by atoms with E-state index in [0.717, 1.165) is 11.1 Å². The van der Waals surface area contributed by atoms with Gasteiger partial charge < -0.3 is 14.2 Å². The van der Waals surface area contributed by atoms with Crippen molar-refractivity contribution in [1.82, 2.24) is 10.9 Å². The van der Waals surface area contributed by atoms with Gasteiger partial charge in [0.1, 0.15) is 5.75 Å². The van der Waals surface area contributed by atoms with Crippen molar-refractivity contribution in [1.29, 1.82) is 0 Å². The molecule has 0 aromatic heterocycles. The highest BCUT2D eigenvalue weighted by Gasteiger charge is 2.17. The Hall–Kier alpha value is -3.22. The van der Waals surface area contributed by atoms with Crippen LogP contribution in [0.25, 0.3) is 0 Å². The van der Waals surface area contributed by atoms with E-state index in [1.807, 2.05) is 32.0 Å². The van der Waals surface area contributed by atoms with Gasteiger partial charge in [0.25, 0.3) is 11.8 Å². The lowest BCUT2D eigenvalue weighted by Gasteiger charge is -2.14. The maximum atomic E-state index is 12.3. The third kappa shape index (κ3) is 4.44. The Labute approximate surface area is 152 Å². The lowest BCUT2D eigenvalue weighted by Crippen LogP contribution is -2.44. The van der Waals surface area contributed by atoms with Crippen LogP contribution in [0.3, 0.4) is 0 Å². The van der Waals surface area contributed by atoms with E-state index in [1.165, 1.54) is 14.2 Å². The molecule has 0 aliphatic rings. The van der Waals surface area contributed by atoms with Crippen LogP contribution in [-0.4, -0.2) is 32.6 Å². The van der Waals surface area contributed by atoms with Crippen molar-refractivity contribution < 1.29 is 23.8 Å². The Morgan fingerprint density at radius 2 is 1.54 bits per heavy atom. The summed E-state index contributed by atoms with van der Waals surface area (Å²) in [4.78, 5) is 24.2. The van der Waals surface area contributed by atoms with Gasteiger partial charge in [-0.1, -0.05) is 24.3 Å². The van der Waals surface area contributed by atoms with Gasteiger partial charge in [-0.3, -0.25) is 20.4 Å². The minimum absolute atomic E-state index is 0.221. The van der Waals surface area contributed by atoms with Crippen LogP contribution in [0.5, 0.6) is 17.2 Å². The van der Waals surface area contributed by atoms with E-state index in [0.29, 0.717) is 11.5 Å². The molecule has 7 heteroatoms. The molecular formula is C19H22N2O5. The van der Waals surface area contributed by atoms with Crippen LogP contribution >= 0.6 is 0 Å². The Morgan fingerprint density at radius 1 is 0.885 bits per heavy atom. The number of hydrogen-bond donors (Lipinski definition) is 2. The van der Waals surface area contributed by atoms with Crippen LogP contribution < -0.4 is 25.1 Å². The van der Waals surface area contributed by atoms with Gasteiger partial charge in [-0.25, -0.2) is 0 Å². The largest absolute Gasteiger partial charge is 0.493 e. The van der Waals surface area contributed by atoms with Crippen LogP contribution in [0, 0.1) is 13.8 Å². The summed E-state index contributed by atoms with van der Waals surface area (Å²) in [6, 6.07) is 10.6. The lowest BCUT2D eigenvalue weighted by molar-refractivity contribution is -0.123. The zero-order valence-electron chi connectivity index (χ0n) is 15.2. The van der Waals surface area contributed by atoms with E-state index in [2.05, 4.69) is 10.9 Å². The predicted octanol–water partition coefficient (Wildman–Crippen LogP) is 2.16. The molecule has 0 unspecified atom stereocenters. The van der Waals surface area contributed by atoms with Crippen LogP contribution in [0.4, 0.5) is 0 Å². The quantitative estimate of drug-likeness (QED) is 0.773. The summed E-state index contributed by atoms with van der Waals surface area (Å²) in [5.41, 5.74) is 6.76. The van der Waals surface area contributed by atoms with Crippen LogP contribution in [0.15, 0.2) is 36.4 Å². The number of carbonyl (C=O) groups excluding carboxylic acids is 2. The van der Waals surface area contributed by atoms with Crippen molar-refractivity contribution in [3.05, 3.63) is 53.1 Å². The number of rotatable bonds is 6. The minimum Gasteiger partial charge on any atom is -0.493 e. The number of nitrogens with one attached hydrogen (secondary N) is 2. The van der Waals surface area contributed by atoms with E-state index in [-0.39, 0.29) is 17.9 Å². The van der Waals surface area contributed by atoms with Crippen molar-refractivity contribution in [3.63, 3.8) is 0 Å². The fourth-order valence-electron chi connectivity index (χ4n) is 2.46. The van der Waals surface area contributed by atoms with Gasteiger partial charge in [-0.2, -0.15) is 0 Å². The topological polar surface area (TPSA) is 85.9 Å². The fraction of sp³-hybridized carbons (Fsp3) is 0.263. The second kappa shape index (κ2) is 8.75. The number of methoxy groups -OCH3 is 2. The summed E-state index contributed by atoms with van der Waals surface area (Å²) >= 11 is 0. The van der Waals surface area contributed by atoms with Crippen molar-refractivity contribution in [2.24, 2.45) is 0 Å². The Balaban J connectivity index is 1.94. The standard InChI is InChI=1S/C19H22N2O5/c1-12-7-5-8-13(2)17(12)26-11-16(22)20-21-19(23)14-9-6-10-15(24-3)18(14)25-4/h5-10H,11H2,1-4H3,(H,20,22)(H,21,23). The summed E-state index contributed by atoms with van der Waals surface area (Å²) in [7, 11) is 2.91. The molecule has 0 heterocycles. The van der Waals surface area contributed by atoms with Gasteiger partial charge in [-0.05, 0) is 37.1 Å². The lowest BCUT2D eigenvalue weighted by atomic mass is 10.1. The van der Waals surface area contributed by atoms with Gasteiger partial charge in [0, 0.05) is 0 Å². The van der Waals surface area contributed by atoms with E-state index in [1.54, 1.807) is 18.2 Å². The first-order valence-corrected chi connectivity index (χ1v) is 7.97. The van der Waals surface area contributed by atoms with E-state index >= 15 is 0 Å². The number of hydrogen-bond acceptors (Lipinski definition) is 5. The number of para-hydroxylation sites is 2. The summed E-state index contributed by atoms with van der Waals surface area (Å²) in [5, 5.41) is 0. The monoisotopic (exact) mass is 358 g/mol. The third-order valence-electron chi connectivity index (χ3n) is 3.72. The number of carbonyl (C=O) groups is 2. The molecule has 0 bridgehead atoms. The average molecular weight is 358 g/mol. The summed E-state index contributed by atoms with van der Waals surface area (Å²) < 4.78 is 15.9. The molecule has 7 nitrogen and oxygen atoms in total. The highest BCUT2D eigenvalue weighted by molar-refractivity contribution is 5.98. The highest BCUT2D eigenvalue weighted by Crippen LogP contribution is 2.30. The molecule has 0 aliphatic heterocycles. The van der Waals surface area contributed by atoms with Gasteiger partial charge in [0.15, 0.2) is 18.1 Å². The van der Waals surface area contributed by atoms with E-state index in [9.17, 15) is 9.59 Å². The number of benzene rings is 2. The molecule has 0 atom stereocenters. The molecule has 2 aromatic rings. The van der Waals surface area contributed by atoms with E-state index < -0.39 is 11.8 Å². The molecule has 0 spiro atoms. The second-order valence-electron chi connectivity index (χ2n) is 5.55. The smallest absolute Gasteiger partial charge is 0.276 e. The number of aryl methyl sites for hydroxylation is 2. The SMILES string of the molecule is COc1cccc(C(=O)NNC(=O)COc2c(C)cccc2C)c1OC. The second-order valence-corrected chi connectivity index (χ2v) is 5.55. The third-order valence-corrected chi connectivity index (χ3v) is 3.72.